The van der Waals surface area contributed by atoms with Crippen molar-refractivity contribution in [3.05, 3.63) is 94.2 Å². The van der Waals surface area contributed by atoms with Crippen molar-refractivity contribution in [3.63, 3.8) is 0 Å². The molecule has 5 nitrogen and oxygen atoms in total. The molecule has 3 aromatic rings. The molecule has 156 valence electrons. The van der Waals surface area contributed by atoms with Crippen LogP contribution >= 0.6 is 23.2 Å². The van der Waals surface area contributed by atoms with Crippen LogP contribution in [-0.2, 0) is 21.2 Å². The second kappa shape index (κ2) is 9.57. The quantitative estimate of drug-likeness (QED) is 0.531. The largest absolute Gasteiger partial charge is 0.325 e. The maximum Gasteiger partial charge on any atom is 0.242 e. The molecule has 1 amide bonds. The highest BCUT2D eigenvalue weighted by molar-refractivity contribution is 7.89. The van der Waals surface area contributed by atoms with E-state index in [1.54, 1.807) is 24.3 Å². The maximum atomic E-state index is 13.1. The molecule has 0 aliphatic heterocycles. The van der Waals surface area contributed by atoms with E-state index < -0.39 is 27.8 Å². The molecule has 0 aromatic heterocycles. The number of anilines is 1. The van der Waals surface area contributed by atoms with Crippen molar-refractivity contribution < 1.29 is 17.6 Å². The van der Waals surface area contributed by atoms with Crippen LogP contribution in [0, 0.1) is 5.82 Å². The Hall–Kier alpha value is -2.45. The topological polar surface area (TPSA) is 75.3 Å². The zero-order valence-electron chi connectivity index (χ0n) is 15.5. The highest BCUT2D eigenvalue weighted by atomic mass is 35.5. The Morgan fingerprint density at radius 2 is 1.63 bits per heavy atom. The van der Waals surface area contributed by atoms with Crippen LogP contribution in [0.1, 0.15) is 5.56 Å². The normalized spacial score (nSPS) is 12.4. The minimum Gasteiger partial charge on any atom is -0.325 e. The average molecular weight is 467 g/mol. The van der Waals surface area contributed by atoms with Crippen molar-refractivity contribution in [1.82, 2.24) is 4.72 Å². The number of sulfonamides is 1. The number of hydrogen-bond donors (Lipinski definition) is 2. The summed E-state index contributed by atoms with van der Waals surface area (Å²) >= 11 is 11.9. The Bertz CT molecular complexity index is 1140. The summed E-state index contributed by atoms with van der Waals surface area (Å²) in [6.45, 7) is 0. The van der Waals surface area contributed by atoms with Gasteiger partial charge in [0, 0.05) is 10.7 Å². The predicted octanol–water partition coefficient (Wildman–Crippen LogP) is 4.66. The van der Waals surface area contributed by atoms with Gasteiger partial charge in [-0.25, -0.2) is 12.8 Å². The molecule has 0 radical (unpaired) electrons. The van der Waals surface area contributed by atoms with E-state index in [2.05, 4.69) is 10.0 Å². The first-order valence-corrected chi connectivity index (χ1v) is 11.1. The predicted molar refractivity (Wildman–Crippen MR) is 116 cm³/mol. The lowest BCUT2D eigenvalue weighted by Gasteiger charge is -2.19. The number of nitrogens with one attached hydrogen (secondary N) is 2. The van der Waals surface area contributed by atoms with Crippen LogP contribution in [0.15, 0.2) is 77.7 Å². The Kier molecular flexibility index (Phi) is 7.10. The van der Waals surface area contributed by atoms with E-state index in [1.807, 2.05) is 6.07 Å². The Morgan fingerprint density at radius 1 is 0.967 bits per heavy atom. The Balaban J connectivity index is 1.89. The molecule has 0 heterocycles. The van der Waals surface area contributed by atoms with Crippen LogP contribution in [0.5, 0.6) is 0 Å². The van der Waals surface area contributed by atoms with Crippen molar-refractivity contribution in [3.8, 4) is 0 Å². The summed E-state index contributed by atoms with van der Waals surface area (Å²) in [6, 6.07) is 17.0. The number of hydrogen-bond acceptors (Lipinski definition) is 3. The van der Waals surface area contributed by atoms with Gasteiger partial charge < -0.3 is 5.32 Å². The highest BCUT2D eigenvalue weighted by Gasteiger charge is 2.28. The van der Waals surface area contributed by atoms with E-state index >= 15 is 0 Å². The molecule has 0 aliphatic carbocycles. The lowest BCUT2D eigenvalue weighted by atomic mass is 10.1. The summed E-state index contributed by atoms with van der Waals surface area (Å²) in [4.78, 5) is 12.6. The van der Waals surface area contributed by atoms with Crippen LogP contribution in [0.4, 0.5) is 10.1 Å². The minimum absolute atomic E-state index is 0.0238. The first-order valence-electron chi connectivity index (χ1n) is 8.82. The standard InChI is InChI=1S/C21H17Cl2FN2O3S/c22-15-6-11-18(23)20(13-15)30(28,29)26-19(12-14-4-2-1-3-5-14)21(27)25-17-9-7-16(24)8-10-17/h1-11,13,19,26H,12H2,(H,25,27)/t19-/m0/s1. The number of halogens is 3. The van der Waals surface area contributed by atoms with Crippen LogP contribution in [-0.4, -0.2) is 20.4 Å². The second-order valence-electron chi connectivity index (χ2n) is 6.43. The molecule has 0 saturated heterocycles. The molecule has 0 aliphatic rings. The van der Waals surface area contributed by atoms with Gasteiger partial charge in [0.25, 0.3) is 0 Å². The van der Waals surface area contributed by atoms with Crippen molar-refractivity contribution >= 4 is 44.8 Å². The van der Waals surface area contributed by atoms with Crippen LogP contribution in [0.25, 0.3) is 0 Å². The van der Waals surface area contributed by atoms with Crippen LogP contribution in [0.2, 0.25) is 10.0 Å². The summed E-state index contributed by atoms with van der Waals surface area (Å²) in [5, 5.41) is 2.76. The fourth-order valence-corrected chi connectivity index (χ4v) is 4.69. The van der Waals surface area contributed by atoms with E-state index in [4.69, 9.17) is 23.2 Å². The van der Waals surface area contributed by atoms with Gasteiger partial charge in [-0.1, -0.05) is 53.5 Å². The lowest BCUT2D eigenvalue weighted by molar-refractivity contribution is -0.117. The molecule has 3 aromatic carbocycles. The van der Waals surface area contributed by atoms with Crippen molar-refractivity contribution in [2.75, 3.05) is 5.32 Å². The number of carbonyl (C=O) groups excluding carboxylic acids is 1. The summed E-state index contributed by atoms with van der Waals surface area (Å²) < 4.78 is 41.4. The van der Waals surface area contributed by atoms with Gasteiger partial charge in [0.05, 0.1) is 5.02 Å². The number of rotatable bonds is 7. The van der Waals surface area contributed by atoms with Crippen LogP contribution < -0.4 is 10.0 Å². The minimum atomic E-state index is -4.16. The molecule has 30 heavy (non-hydrogen) atoms. The zero-order chi connectivity index (χ0) is 21.7. The summed E-state index contributed by atoms with van der Waals surface area (Å²) in [5.41, 5.74) is 1.08. The SMILES string of the molecule is O=C(Nc1ccc(F)cc1)[C@H](Cc1ccccc1)NS(=O)(=O)c1cc(Cl)ccc1Cl. The van der Waals surface area contributed by atoms with Gasteiger partial charge in [-0.05, 0) is 54.4 Å². The number of benzene rings is 3. The van der Waals surface area contributed by atoms with Gasteiger partial charge in [-0.2, -0.15) is 4.72 Å². The Morgan fingerprint density at radius 3 is 2.30 bits per heavy atom. The molecule has 0 fully saturated rings. The van der Waals surface area contributed by atoms with Gasteiger partial charge in [-0.15, -0.1) is 0 Å². The molecular weight excluding hydrogens is 450 g/mol. The monoisotopic (exact) mass is 466 g/mol. The third-order valence-corrected chi connectivity index (χ3v) is 6.38. The zero-order valence-corrected chi connectivity index (χ0v) is 17.8. The molecule has 9 heteroatoms. The van der Waals surface area contributed by atoms with Gasteiger partial charge in [0.1, 0.15) is 16.8 Å². The lowest BCUT2D eigenvalue weighted by Crippen LogP contribution is -2.45. The number of amides is 1. The van der Waals surface area contributed by atoms with E-state index in [9.17, 15) is 17.6 Å². The highest BCUT2D eigenvalue weighted by Crippen LogP contribution is 2.25. The summed E-state index contributed by atoms with van der Waals surface area (Å²) in [7, 11) is -4.16. The van der Waals surface area contributed by atoms with Gasteiger partial charge >= 0.3 is 0 Å². The third kappa shape index (κ3) is 5.79. The summed E-state index contributed by atoms with van der Waals surface area (Å²) in [6.07, 6.45) is 0.0886. The fourth-order valence-electron chi connectivity index (χ4n) is 2.73. The van der Waals surface area contributed by atoms with Crippen molar-refractivity contribution in [2.24, 2.45) is 0 Å². The van der Waals surface area contributed by atoms with E-state index in [0.29, 0.717) is 5.69 Å². The molecule has 2 N–H and O–H groups in total. The van der Waals surface area contributed by atoms with E-state index in [-0.39, 0.29) is 21.4 Å². The van der Waals surface area contributed by atoms with E-state index in [0.717, 1.165) is 5.56 Å². The molecular formula is C21H17Cl2FN2O3S. The van der Waals surface area contributed by atoms with Crippen molar-refractivity contribution in [1.29, 1.82) is 0 Å². The molecule has 0 spiro atoms. The smallest absolute Gasteiger partial charge is 0.242 e. The molecule has 1 atom stereocenters. The maximum absolute atomic E-state index is 13.1. The van der Waals surface area contributed by atoms with E-state index in [1.165, 1.54) is 42.5 Å². The third-order valence-electron chi connectivity index (χ3n) is 4.19. The fraction of sp³-hybridized carbons (Fsp3) is 0.0952. The number of carbonyl (C=O) groups is 1. The first-order chi connectivity index (χ1) is 14.2. The molecule has 0 saturated carbocycles. The molecule has 3 rings (SSSR count). The van der Waals surface area contributed by atoms with Gasteiger partial charge in [0.2, 0.25) is 15.9 Å². The summed E-state index contributed by atoms with van der Waals surface area (Å²) in [5.74, 6) is -1.06. The Labute approximate surface area is 183 Å². The average Bonchev–Trinajstić information content (AvgIpc) is 2.71. The van der Waals surface area contributed by atoms with Gasteiger partial charge in [0.15, 0.2) is 0 Å². The molecule has 0 bridgehead atoms. The second-order valence-corrected chi connectivity index (χ2v) is 8.96. The van der Waals surface area contributed by atoms with Gasteiger partial charge in [-0.3, -0.25) is 4.79 Å². The van der Waals surface area contributed by atoms with Crippen molar-refractivity contribution in [2.45, 2.75) is 17.4 Å². The first kappa shape index (κ1) is 22.2. The molecule has 0 unspecified atom stereocenters. The van der Waals surface area contributed by atoms with Crippen LogP contribution in [0.3, 0.4) is 0 Å².